The zero-order chi connectivity index (χ0) is 10.6. The predicted molar refractivity (Wildman–Crippen MR) is 61.4 cm³/mol. The van der Waals surface area contributed by atoms with Crippen molar-refractivity contribution in [2.75, 3.05) is 6.54 Å². The van der Waals surface area contributed by atoms with Gasteiger partial charge in [-0.05, 0) is 24.6 Å². The van der Waals surface area contributed by atoms with E-state index in [-0.39, 0.29) is 5.91 Å². The van der Waals surface area contributed by atoms with Crippen LogP contribution in [0.25, 0.3) is 0 Å². The number of hydrogen-bond acceptors (Lipinski definition) is 1. The Kier molecular flexibility index (Phi) is 3.89. The van der Waals surface area contributed by atoms with Crippen molar-refractivity contribution in [3.05, 3.63) is 46.5 Å². The molecule has 0 bridgehead atoms. The Morgan fingerprint density at radius 3 is 3.00 bits per heavy atom. The minimum absolute atomic E-state index is 0.0660. The van der Waals surface area contributed by atoms with Crippen LogP contribution in [-0.4, -0.2) is 12.5 Å². The van der Waals surface area contributed by atoms with Crippen LogP contribution in [0.4, 0.5) is 0 Å². The quantitative estimate of drug-likeness (QED) is 0.825. The number of carbonyl (C=O) groups excluding carboxylic acids is 1. The molecule has 0 aliphatic carbocycles. The fraction of sp³-hybridized carbons (Fsp3) is 0.182. The molecule has 1 rings (SSSR count). The summed E-state index contributed by atoms with van der Waals surface area (Å²) in [7, 11) is 0. The first kappa shape index (κ1) is 11.0. The number of hydrogen-bond donors (Lipinski definition) is 1. The van der Waals surface area contributed by atoms with E-state index >= 15 is 0 Å². The maximum atomic E-state index is 11.6. The van der Waals surface area contributed by atoms with E-state index in [0.29, 0.717) is 12.1 Å². The van der Waals surface area contributed by atoms with Crippen LogP contribution in [0, 0.1) is 6.92 Å². The van der Waals surface area contributed by atoms with Crippen molar-refractivity contribution in [2.24, 2.45) is 0 Å². The van der Waals surface area contributed by atoms with Crippen molar-refractivity contribution in [3.63, 3.8) is 0 Å². The van der Waals surface area contributed by atoms with Crippen LogP contribution in [0.3, 0.4) is 0 Å². The molecule has 0 heterocycles. The lowest BCUT2D eigenvalue weighted by atomic mass is 10.1. The van der Waals surface area contributed by atoms with Gasteiger partial charge in [0.2, 0.25) is 0 Å². The zero-order valence-electron chi connectivity index (χ0n) is 8.01. The Morgan fingerprint density at radius 2 is 2.36 bits per heavy atom. The van der Waals surface area contributed by atoms with Crippen LogP contribution >= 0.6 is 15.9 Å². The molecule has 0 fully saturated rings. The normalized spacial score (nSPS) is 9.57. The minimum atomic E-state index is -0.0660. The smallest absolute Gasteiger partial charge is 0.251 e. The summed E-state index contributed by atoms with van der Waals surface area (Å²) in [4.78, 5) is 11.6. The van der Waals surface area contributed by atoms with Crippen LogP contribution in [-0.2, 0) is 0 Å². The fourth-order valence-electron chi connectivity index (χ4n) is 1.10. The lowest BCUT2D eigenvalue weighted by Gasteiger charge is -2.05. The molecule has 0 saturated carbocycles. The van der Waals surface area contributed by atoms with Gasteiger partial charge in [-0.3, -0.25) is 4.79 Å². The maximum Gasteiger partial charge on any atom is 0.251 e. The summed E-state index contributed by atoms with van der Waals surface area (Å²) in [5, 5.41) is 2.74. The fourth-order valence-corrected chi connectivity index (χ4v) is 1.46. The molecule has 1 aromatic carbocycles. The van der Waals surface area contributed by atoms with Crippen LogP contribution in [0.1, 0.15) is 15.9 Å². The molecule has 0 spiro atoms. The lowest BCUT2D eigenvalue weighted by Crippen LogP contribution is -2.23. The van der Waals surface area contributed by atoms with Gasteiger partial charge in [0.1, 0.15) is 0 Å². The van der Waals surface area contributed by atoms with Gasteiger partial charge in [0.05, 0.1) is 0 Å². The highest BCUT2D eigenvalue weighted by Gasteiger charge is 2.07. The second-order valence-electron chi connectivity index (χ2n) is 2.96. The van der Waals surface area contributed by atoms with Crippen molar-refractivity contribution in [1.29, 1.82) is 0 Å². The molecular formula is C11H12BrNO. The molecule has 0 atom stereocenters. The molecular weight excluding hydrogens is 242 g/mol. The molecule has 74 valence electrons. The van der Waals surface area contributed by atoms with E-state index in [1.807, 2.05) is 25.1 Å². The highest BCUT2D eigenvalue weighted by Crippen LogP contribution is 2.15. The summed E-state index contributed by atoms with van der Waals surface area (Å²) in [6, 6.07) is 5.64. The number of benzene rings is 1. The van der Waals surface area contributed by atoms with Crippen LogP contribution in [0.5, 0.6) is 0 Å². The Hall–Kier alpha value is -1.09. The second-order valence-corrected chi connectivity index (χ2v) is 3.87. The van der Waals surface area contributed by atoms with E-state index in [2.05, 4.69) is 27.8 Å². The van der Waals surface area contributed by atoms with E-state index < -0.39 is 0 Å². The predicted octanol–water partition coefficient (Wildman–Crippen LogP) is 2.67. The van der Waals surface area contributed by atoms with Crippen molar-refractivity contribution in [3.8, 4) is 0 Å². The highest BCUT2D eigenvalue weighted by molar-refractivity contribution is 9.10. The summed E-state index contributed by atoms with van der Waals surface area (Å²) in [5.41, 5.74) is 1.66. The van der Waals surface area contributed by atoms with E-state index in [0.717, 1.165) is 10.0 Å². The molecule has 14 heavy (non-hydrogen) atoms. The second kappa shape index (κ2) is 4.96. The highest BCUT2D eigenvalue weighted by atomic mass is 79.9. The van der Waals surface area contributed by atoms with Crippen molar-refractivity contribution in [1.82, 2.24) is 5.32 Å². The van der Waals surface area contributed by atoms with Gasteiger partial charge in [0.15, 0.2) is 0 Å². The summed E-state index contributed by atoms with van der Waals surface area (Å²) in [6.45, 7) is 5.95. The zero-order valence-corrected chi connectivity index (χ0v) is 9.60. The maximum absolute atomic E-state index is 11.6. The van der Waals surface area contributed by atoms with Crippen LogP contribution < -0.4 is 5.32 Å². The third-order valence-corrected chi connectivity index (χ3v) is 2.34. The summed E-state index contributed by atoms with van der Waals surface area (Å²) >= 11 is 3.33. The Balaban J connectivity index is 2.88. The summed E-state index contributed by atoms with van der Waals surface area (Å²) in [5.74, 6) is -0.0660. The molecule has 0 aromatic heterocycles. The largest absolute Gasteiger partial charge is 0.349 e. The number of amides is 1. The molecule has 1 N–H and O–H groups in total. The Bertz CT molecular complexity index is 360. The number of halogens is 1. The van der Waals surface area contributed by atoms with Gasteiger partial charge in [-0.25, -0.2) is 0 Å². The Morgan fingerprint density at radius 1 is 1.64 bits per heavy atom. The van der Waals surface area contributed by atoms with E-state index in [1.54, 1.807) is 6.08 Å². The monoisotopic (exact) mass is 253 g/mol. The molecule has 0 unspecified atom stereocenters. The lowest BCUT2D eigenvalue weighted by molar-refractivity contribution is 0.0957. The Labute approximate surface area is 92.1 Å². The number of carbonyl (C=O) groups is 1. The SMILES string of the molecule is C=CCNC(=O)c1cc(Br)ccc1C. The molecule has 0 saturated heterocycles. The molecule has 3 heteroatoms. The average molecular weight is 254 g/mol. The van der Waals surface area contributed by atoms with Crippen molar-refractivity contribution < 1.29 is 4.79 Å². The molecule has 1 aromatic rings. The van der Waals surface area contributed by atoms with Gasteiger partial charge in [0.25, 0.3) is 5.91 Å². The van der Waals surface area contributed by atoms with Crippen molar-refractivity contribution >= 4 is 21.8 Å². The number of nitrogens with one attached hydrogen (secondary N) is 1. The van der Waals surface area contributed by atoms with Gasteiger partial charge in [-0.15, -0.1) is 6.58 Å². The molecule has 0 radical (unpaired) electrons. The molecule has 1 amide bonds. The van der Waals surface area contributed by atoms with Gasteiger partial charge in [-0.2, -0.15) is 0 Å². The molecule has 2 nitrogen and oxygen atoms in total. The summed E-state index contributed by atoms with van der Waals surface area (Å²) < 4.78 is 0.909. The van der Waals surface area contributed by atoms with Gasteiger partial charge < -0.3 is 5.32 Å². The van der Waals surface area contributed by atoms with E-state index in [1.165, 1.54) is 0 Å². The third-order valence-electron chi connectivity index (χ3n) is 1.85. The first-order valence-corrected chi connectivity index (χ1v) is 5.09. The van der Waals surface area contributed by atoms with Gasteiger partial charge in [0, 0.05) is 16.6 Å². The molecule has 0 aliphatic heterocycles. The minimum Gasteiger partial charge on any atom is -0.349 e. The van der Waals surface area contributed by atoms with Gasteiger partial charge in [-0.1, -0.05) is 28.1 Å². The standard InChI is InChI=1S/C11H12BrNO/c1-3-6-13-11(14)10-7-9(12)5-4-8(10)2/h3-5,7H,1,6H2,2H3,(H,13,14). The first-order valence-electron chi connectivity index (χ1n) is 4.30. The van der Waals surface area contributed by atoms with Crippen LogP contribution in [0.2, 0.25) is 0 Å². The summed E-state index contributed by atoms with van der Waals surface area (Å²) in [6.07, 6.45) is 1.66. The van der Waals surface area contributed by atoms with Crippen LogP contribution in [0.15, 0.2) is 35.3 Å². The first-order chi connectivity index (χ1) is 6.65. The molecule has 0 aliphatic rings. The number of aryl methyl sites for hydroxylation is 1. The van der Waals surface area contributed by atoms with E-state index in [9.17, 15) is 4.79 Å². The number of rotatable bonds is 3. The third kappa shape index (κ3) is 2.70. The van der Waals surface area contributed by atoms with Gasteiger partial charge >= 0.3 is 0 Å². The van der Waals surface area contributed by atoms with Crippen molar-refractivity contribution in [2.45, 2.75) is 6.92 Å². The topological polar surface area (TPSA) is 29.1 Å². The average Bonchev–Trinajstić information content (AvgIpc) is 2.18. The van der Waals surface area contributed by atoms with E-state index in [4.69, 9.17) is 0 Å².